The van der Waals surface area contributed by atoms with E-state index in [1.165, 1.54) is 55.2 Å². The zero-order valence-corrected chi connectivity index (χ0v) is 34.2. The van der Waals surface area contributed by atoms with Gasteiger partial charge in [-0.25, -0.2) is 9.97 Å². The van der Waals surface area contributed by atoms with Gasteiger partial charge in [0.05, 0.1) is 39.2 Å². The largest absolute Gasteiger partial charge is 0.309 e. The summed E-state index contributed by atoms with van der Waals surface area (Å²) in [5.74, 6) is 0.622. The maximum Gasteiger partial charge on any atom is 0.235 e. The van der Waals surface area contributed by atoms with Crippen molar-refractivity contribution in [2.24, 2.45) is 0 Å². The molecule has 0 bridgehead atoms. The maximum absolute atomic E-state index is 5.48. The standard InChI is InChI=1S/C59H38N4/c1-4-18-39(19-5-1)52-38-53(40-20-6-2-7-21-40)61-58(60-52)63-56-31-17-15-29-50(56)59(48-27-13-10-24-44(48)45-25-11-14-28-49(45)59)51-34-32-42(37-57(51)63)41-33-35-55-47(36-41)46-26-12-16-30-54(46)62(55)43-22-8-3-9-23-43/h1-38H. The smallest absolute Gasteiger partial charge is 0.235 e. The number of nitrogens with zero attached hydrogens (tertiary/aromatic N) is 4. The molecule has 1 aliphatic carbocycles. The van der Waals surface area contributed by atoms with Gasteiger partial charge in [-0.1, -0.05) is 182 Å². The maximum atomic E-state index is 5.48. The van der Waals surface area contributed by atoms with Gasteiger partial charge >= 0.3 is 0 Å². The van der Waals surface area contributed by atoms with Gasteiger partial charge in [0.1, 0.15) is 0 Å². The molecule has 0 saturated carbocycles. The number of hydrogen-bond acceptors (Lipinski definition) is 3. The average molecular weight is 803 g/mol. The lowest BCUT2D eigenvalue weighted by Gasteiger charge is -2.44. The molecular formula is C59H38N4. The SMILES string of the molecule is c1ccc(-c2cc(-c3ccccc3)nc(N3c4ccccc4C4(c5ccccc5-c5ccccc54)c4ccc(-c5ccc6c(c5)c5ccccc5n6-c5ccccc5)cc43)n2)cc1. The van der Waals surface area contributed by atoms with Crippen LogP contribution in [0.4, 0.5) is 17.3 Å². The first kappa shape index (κ1) is 35.4. The Kier molecular flexibility index (Phi) is 7.79. The molecule has 0 radical (unpaired) electrons. The highest BCUT2D eigenvalue weighted by atomic mass is 15.3. The van der Waals surface area contributed by atoms with Crippen LogP contribution < -0.4 is 4.90 Å². The summed E-state index contributed by atoms with van der Waals surface area (Å²) in [5, 5.41) is 2.44. The predicted octanol–water partition coefficient (Wildman–Crippen LogP) is 14.7. The first-order valence-corrected chi connectivity index (χ1v) is 21.6. The van der Waals surface area contributed by atoms with Gasteiger partial charge in [-0.05, 0) is 93.0 Å². The fourth-order valence-corrected chi connectivity index (χ4v) is 10.6. The van der Waals surface area contributed by atoms with E-state index >= 15 is 0 Å². The van der Waals surface area contributed by atoms with E-state index < -0.39 is 5.41 Å². The van der Waals surface area contributed by atoms with Gasteiger partial charge in [-0.15, -0.1) is 0 Å². The van der Waals surface area contributed by atoms with Crippen molar-refractivity contribution >= 4 is 39.1 Å². The van der Waals surface area contributed by atoms with E-state index in [9.17, 15) is 0 Å². The molecule has 0 atom stereocenters. The molecule has 1 aliphatic heterocycles. The van der Waals surface area contributed by atoms with Crippen molar-refractivity contribution < 1.29 is 0 Å². The van der Waals surface area contributed by atoms with Crippen LogP contribution >= 0.6 is 0 Å². The molecule has 9 aromatic carbocycles. The lowest BCUT2D eigenvalue weighted by atomic mass is 9.64. The molecule has 0 fully saturated rings. The highest BCUT2D eigenvalue weighted by molar-refractivity contribution is 6.10. The zero-order chi connectivity index (χ0) is 41.5. The van der Waals surface area contributed by atoms with E-state index in [1.54, 1.807) is 0 Å². The Morgan fingerprint density at radius 2 is 0.841 bits per heavy atom. The molecule has 2 aromatic heterocycles. The van der Waals surface area contributed by atoms with E-state index in [0.717, 1.165) is 50.7 Å². The Labute approximate surface area is 365 Å². The van der Waals surface area contributed by atoms with Gasteiger partial charge in [0.15, 0.2) is 0 Å². The van der Waals surface area contributed by atoms with Crippen molar-refractivity contribution in [3.63, 3.8) is 0 Å². The summed E-state index contributed by atoms with van der Waals surface area (Å²) >= 11 is 0. The summed E-state index contributed by atoms with van der Waals surface area (Å²) in [6.45, 7) is 0. The van der Waals surface area contributed by atoms with Crippen LogP contribution in [-0.4, -0.2) is 14.5 Å². The fraction of sp³-hybridized carbons (Fsp3) is 0.0169. The highest BCUT2D eigenvalue weighted by Gasteiger charge is 2.52. The number of benzene rings is 9. The number of hydrogen-bond donors (Lipinski definition) is 0. The lowest BCUT2D eigenvalue weighted by Crippen LogP contribution is -2.36. The zero-order valence-electron chi connectivity index (χ0n) is 34.2. The normalized spacial score (nSPS) is 13.2. The van der Waals surface area contributed by atoms with E-state index in [4.69, 9.17) is 9.97 Å². The van der Waals surface area contributed by atoms with Gasteiger partial charge in [0.2, 0.25) is 5.95 Å². The second-order valence-corrected chi connectivity index (χ2v) is 16.5. The van der Waals surface area contributed by atoms with Crippen molar-refractivity contribution in [3.05, 3.63) is 253 Å². The minimum absolute atomic E-state index is 0.583. The van der Waals surface area contributed by atoms with Crippen LogP contribution in [0.1, 0.15) is 22.3 Å². The minimum Gasteiger partial charge on any atom is -0.309 e. The molecule has 4 nitrogen and oxygen atoms in total. The Morgan fingerprint density at radius 1 is 0.333 bits per heavy atom. The number of para-hydroxylation sites is 3. The molecule has 294 valence electrons. The second kappa shape index (κ2) is 13.8. The van der Waals surface area contributed by atoms with Crippen molar-refractivity contribution in [1.29, 1.82) is 0 Å². The first-order valence-electron chi connectivity index (χ1n) is 21.6. The number of rotatable bonds is 5. The van der Waals surface area contributed by atoms with Gasteiger partial charge in [0.25, 0.3) is 0 Å². The molecule has 4 heteroatoms. The van der Waals surface area contributed by atoms with Crippen LogP contribution in [0.15, 0.2) is 231 Å². The monoisotopic (exact) mass is 802 g/mol. The molecule has 0 amide bonds. The quantitative estimate of drug-likeness (QED) is 0.174. The number of anilines is 3. The number of aromatic nitrogens is 3. The van der Waals surface area contributed by atoms with E-state index in [0.29, 0.717) is 5.95 Å². The van der Waals surface area contributed by atoms with Gasteiger partial charge in [-0.3, -0.25) is 4.90 Å². The molecule has 1 spiro atoms. The van der Waals surface area contributed by atoms with Gasteiger partial charge < -0.3 is 4.57 Å². The molecule has 3 heterocycles. The number of fused-ring (bicyclic) bond motifs is 12. The Morgan fingerprint density at radius 3 is 1.52 bits per heavy atom. The summed E-state index contributed by atoms with van der Waals surface area (Å²) in [6.07, 6.45) is 0. The third-order valence-electron chi connectivity index (χ3n) is 13.2. The summed E-state index contributed by atoms with van der Waals surface area (Å²) in [6, 6.07) is 83.3. The summed E-state index contributed by atoms with van der Waals surface area (Å²) in [7, 11) is 0. The van der Waals surface area contributed by atoms with E-state index in [2.05, 4.69) is 240 Å². The van der Waals surface area contributed by atoms with Crippen LogP contribution in [0, 0.1) is 0 Å². The molecule has 0 unspecified atom stereocenters. The molecule has 11 aromatic rings. The molecule has 2 aliphatic rings. The second-order valence-electron chi connectivity index (χ2n) is 16.5. The Hall–Kier alpha value is -8.34. The van der Waals surface area contributed by atoms with Crippen molar-refractivity contribution in [3.8, 4) is 50.5 Å². The fourth-order valence-electron chi connectivity index (χ4n) is 10.6. The average Bonchev–Trinajstić information content (AvgIpc) is 3.85. The Bertz CT molecular complexity index is 3470. The van der Waals surface area contributed by atoms with Crippen LogP contribution in [-0.2, 0) is 5.41 Å². The third-order valence-corrected chi connectivity index (χ3v) is 13.2. The van der Waals surface area contributed by atoms with Gasteiger partial charge in [0, 0.05) is 27.6 Å². The summed E-state index contributed by atoms with van der Waals surface area (Å²) in [5.41, 5.74) is 18.6. The molecule has 0 N–H and O–H groups in total. The Balaban J connectivity index is 1.10. The van der Waals surface area contributed by atoms with Crippen LogP contribution in [0.2, 0.25) is 0 Å². The van der Waals surface area contributed by atoms with E-state index in [-0.39, 0.29) is 0 Å². The molecule has 13 rings (SSSR count). The minimum atomic E-state index is -0.583. The van der Waals surface area contributed by atoms with Crippen molar-refractivity contribution in [1.82, 2.24) is 14.5 Å². The highest BCUT2D eigenvalue weighted by Crippen LogP contribution is 2.63. The lowest BCUT2D eigenvalue weighted by molar-refractivity contribution is 0.750. The van der Waals surface area contributed by atoms with Crippen molar-refractivity contribution in [2.75, 3.05) is 4.90 Å². The topological polar surface area (TPSA) is 34.0 Å². The van der Waals surface area contributed by atoms with Crippen LogP contribution in [0.25, 0.3) is 72.3 Å². The summed E-state index contributed by atoms with van der Waals surface area (Å²) < 4.78 is 2.38. The molecule has 0 saturated heterocycles. The third kappa shape index (κ3) is 5.22. The van der Waals surface area contributed by atoms with E-state index in [1.807, 2.05) is 0 Å². The van der Waals surface area contributed by atoms with Crippen molar-refractivity contribution in [2.45, 2.75) is 5.41 Å². The van der Waals surface area contributed by atoms with Gasteiger partial charge in [-0.2, -0.15) is 0 Å². The van der Waals surface area contributed by atoms with Crippen LogP contribution in [0.5, 0.6) is 0 Å². The summed E-state index contributed by atoms with van der Waals surface area (Å²) in [4.78, 5) is 13.3. The first-order chi connectivity index (χ1) is 31.3. The predicted molar refractivity (Wildman–Crippen MR) is 258 cm³/mol. The van der Waals surface area contributed by atoms with Crippen LogP contribution in [0.3, 0.4) is 0 Å². The molecule has 63 heavy (non-hydrogen) atoms. The molecular weight excluding hydrogens is 765 g/mol.